The van der Waals surface area contributed by atoms with Crippen LogP contribution in [0.5, 0.6) is 0 Å². The number of nitrogens with zero attached hydrogens (tertiary/aromatic N) is 2. The first-order valence-electron chi connectivity index (χ1n) is 7.00. The zero-order valence-corrected chi connectivity index (χ0v) is 11.6. The fourth-order valence-corrected chi connectivity index (χ4v) is 2.79. The Labute approximate surface area is 118 Å². The fraction of sp³-hybridized carbons (Fsp3) is 0.375. The third kappa shape index (κ3) is 2.51. The predicted molar refractivity (Wildman–Crippen MR) is 79.4 cm³/mol. The zero-order valence-electron chi connectivity index (χ0n) is 11.6. The van der Waals surface area contributed by atoms with Crippen molar-refractivity contribution >= 4 is 16.8 Å². The third-order valence-corrected chi connectivity index (χ3v) is 3.97. The van der Waals surface area contributed by atoms with Gasteiger partial charge in [-0.2, -0.15) is 0 Å². The van der Waals surface area contributed by atoms with Crippen LogP contribution in [0.1, 0.15) is 23.3 Å². The van der Waals surface area contributed by atoms with E-state index < -0.39 is 0 Å². The molecule has 2 N–H and O–H groups in total. The number of rotatable bonds is 3. The van der Waals surface area contributed by atoms with Crippen LogP contribution in [0.3, 0.4) is 0 Å². The van der Waals surface area contributed by atoms with Crippen LogP contribution in [0.4, 0.5) is 0 Å². The van der Waals surface area contributed by atoms with Gasteiger partial charge in [-0.25, -0.2) is 4.98 Å². The lowest BCUT2D eigenvalue weighted by molar-refractivity contribution is 0.0729. The molecule has 0 unspecified atom stereocenters. The summed E-state index contributed by atoms with van der Waals surface area (Å²) in [5.41, 5.74) is 7.15. The van der Waals surface area contributed by atoms with E-state index in [0.717, 1.165) is 30.3 Å². The van der Waals surface area contributed by atoms with Gasteiger partial charge in [-0.1, -0.05) is 24.3 Å². The first kappa shape index (κ1) is 13.1. The van der Waals surface area contributed by atoms with E-state index >= 15 is 0 Å². The Morgan fingerprint density at radius 2 is 2.05 bits per heavy atom. The van der Waals surface area contributed by atoms with Crippen molar-refractivity contribution in [3.05, 3.63) is 42.1 Å². The molecule has 0 bridgehead atoms. The van der Waals surface area contributed by atoms with Crippen molar-refractivity contribution in [2.45, 2.75) is 18.9 Å². The van der Waals surface area contributed by atoms with Gasteiger partial charge in [-0.15, -0.1) is 0 Å². The number of nitrogens with two attached hydrogens (primary N) is 1. The Morgan fingerprint density at radius 3 is 2.80 bits per heavy atom. The molecule has 4 heteroatoms. The molecule has 0 radical (unpaired) electrons. The number of fused-ring (bicyclic) bond motifs is 1. The first-order valence-corrected chi connectivity index (χ1v) is 7.00. The van der Waals surface area contributed by atoms with E-state index in [1.165, 1.54) is 0 Å². The van der Waals surface area contributed by atoms with Crippen LogP contribution in [-0.4, -0.2) is 35.4 Å². The summed E-state index contributed by atoms with van der Waals surface area (Å²) in [5, 5.41) is 1.05. The molecule has 1 heterocycles. The van der Waals surface area contributed by atoms with Crippen LogP contribution in [0.2, 0.25) is 0 Å². The van der Waals surface area contributed by atoms with E-state index in [9.17, 15) is 4.79 Å². The van der Waals surface area contributed by atoms with Crippen molar-refractivity contribution in [2.75, 3.05) is 13.6 Å². The van der Waals surface area contributed by atoms with Crippen molar-refractivity contribution in [2.24, 2.45) is 11.7 Å². The molecule has 4 nitrogen and oxygen atoms in total. The number of hydrogen-bond donors (Lipinski definition) is 1. The van der Waals surface area contributed by atoms with Gasteiger partial charge in [0.05, 0.1) is 5.52 Å². The lowest BCUT2D eigenvalue weighted by Gasteiger charge is -2.35. The van der Waals surface area contributed by atoms with Crippen molar-refractivity contribution in [3.8, 4) is 0 Å². The molecule has 1 saturated carbocycles. The SMILES string of the molecule is CN(CC1CC(N)C1)C(=O)c1ccc2ccccc2n1. The molecule has 1 aliphatic carbocycles. The maximum absolute atomic E-state index is 12.4. The van der Waals surface area contributed by atoms with E-state index in [-0.39, 0.29) is 5.91 Å². The van der Waals surface area contributed by atoms with Crippen molar-refractivity contribution in [3.63, 3.8) is 0 Å². The van der Waals surface area contributed by atoms with Gasteiger partial charge in [-0.05, 0) is 30.9 Å². The highest BCUT2D eigenvalue weighted by molar-refractivity contribution is 5.94. The van der Waals surface area contributed by atoms with Crippen molar-refractivity contribution in [1.29, 1.82) is 0 Å². The predicted octanol–water partition coefficient (Wildman–Crippen LogP) is 2.04. The third-order valence-electron chi connectivity index (χ3n) is 3.97. The van der Waals surface area contributed by atoms with Gasteiger partial charge in [0.25, 0.3) is 5.91 Å². The number of benzene rings is 1. The summed E-state index contributed by atoms with van der Waals surface area (Å²) in [4.78, 5) is 18.6. The van der Waals surface area contributed by atoms with E-state index in [0.29, 0.717) is 17.7 Å². The highest BCUT2D eigenvalue weighted by Gasteiger charge is 2.28. The van der Waals surface area contributed by atoms with Gasteiger partial charge in [0.15, 0.2) is 0 Å². The molecule has 3 rings (SSSR count). The Hall–Kier alpha value is -1.94. The van der Waals surface area contributed by atoms with Crippen LogP contribution >= 0.6 is 0 Å². The van der Waals surface area contributed by atoms with Gasteiger partial charge in [0.1, 0.15) is 5.69 Å². The number of amides is 1. The summed E-state index contributed by atoms with van der Waals surface area (Å²) >= 11 is 0. The molecular formula is C16H19N3O. The molecule has 0 saturated heterocycles. The molecule has 0 aliphatic heterocycles. The number of aromatic nitrogens is 1. The molecule has 1 aliphatic rings. The number of carbonyl (C=O) groups is 1. The molecule has 1 aromatic heterocycles. The molecular weight excluding hydrogens is 250 g/mol. The lowest BCUT2D eigenvalue weighted by atomic mass is 9.80. The minimum Gasteiger partial charge on any atom is -0.340 e. The highest BCUT2D eigenvalue weighted by Crippen LogP contribution is 2.26. The average Bonchev–Trinajstić information content (AvgIpc) is 2.44. The standard InChI is InChI=1S/C16H19N3O/c1-19(10-11-8-13(17)9-11)16(20)15-7-6-12-4-2-3-5-14(12)18-15/h2-7,11,13H,8-10,17H2,1H3. The quantitative estimate of drug-likeness (QED) is 0.927. The van der Waals surface area contributed by atoms with Gasteiger partial charge in [-0.3, -0.25) is 4.79 Å². The smallest absolute Gasteiger partial charge is 0.272 e. The molecule has 2 aromatic rings. The molecule has 1 fully saturated rings. The molecule has 1 amide bonds. The van der Waals surface area contributed by atoms with E-state index in [1.54, 1.807) is 11.0 Å². The zero-order chi connectivity index (χ0) is 14.1. The molecule has 104 valence electrons. The van der Waals surface area contributed by atoms with Gasteiger partial charge >= 0.3 is 0 Å². The fourth-order valence-electron chi connectivity index (χ4n) is 2.79. The van der Waals surface area contributed by atoms with Crippen LogP contribution in [0, 0.1) is 5.92 Å². The summed E-state index contributed by atoms with van der Waals surface area (Å²) in [6, 6.07) is 11.9. The van der Waals surface area contributed by atoms with E-state index in [2.05, 4.69) is 4.98 Å². The summed E-state index contributed by atoms with van der Waals surface area (Å²) in [7, 11) is 1.84. The van der Waals surface area contributed by atoms with E-state index in [4.69, 9.17) is 5.73 Å². The second-order valence-electron chi connectivity index (χ2n) is 5.67. The minimum atomic E-state index is -0.0174. The summed E-state index contributed by atoms with van der Waals surface area (Å²) < 4.78 is 0. The molecule has 20 heavy (non-hydrogen) atoms. The van der Waals surface area contributed by atoms with Gasteiger partial charge < -0.3 is 10.6 Å². The summed E-state index contributed by atoms with van der Waals surface area (Å²) in [5.74, 6) is 0.524. The maximum atomic E-state index is 12.4. The normalized spacial score (nSPS) is 21.5. The largest absolute Gasteiger partial charge is 0.340 e. The Balaban J connectivity index is 1.74. The van der Waals surface area contributed by atoms with Gasteiger partial charge in [0.2, 0.25) is 0 Å². The monoisotopic (exact) mass is 269 g/mol. The summed E-state index contributed by atoms with van der Waals surface area (Å²) in [6.45, 7) is 0.765. The molecule has 1 aromatic carbocycles. The van der Waals surface area contributed by atoms with E-state index in [1.807, 2.05) is 37.4 Å². The van der Waals surface area contributed by atoms with Crippen molar-refractivity contribution in [1.82, 2.24) is 9.88 Å². The highest BCUT2D eigenvalue weighted by atomic mass is 16.2. The Kier molecular flexibility index (Phi) is 3.40. The van der Waals surface area contributed by atoms with Gasteiger partial charge in [0, 0.05) is 25.0 Å². The molecule has 0 atom stereocenters. The maximum Gasteiger partial charge on any atom is 0.272 e. The number of carbonyl (C=O) groups excluding carboxylic acids is 1. The van der Waals surface area contributed by atoms with Crippen LogP contribution < -0.4 is 5.73 Å². The number of para-hydroxylation sites is 1. The Bertz CT molecular complexity index is 634. The minimum absolute atomic E-state index is 0.0174. The van der Waals surface area contributed by atoms with Crippen molar-refractivity contribution < 1.29 is 4.79 Å². The van der Waals surface area contributed by atoms with Crippen LogP contribution in [0.25, 0.3) is 10.9 Å². The second kappa shape index (κ2) is 5.21. The summed E-state index contributed by atoms with van der Waals surface area (Å²) in [6.07, 6.45) is 2.03. The van der Waals surface area contributed by atoms with Crippen LogP contribution in [0.15, 0.2) is 36.4 Å². The Morgan fingerprint density at radius 1 is 1.30 bits per heavy atom. The average molecular weight is 269 g/mol. The first-order chi connectivity index (χ1) is 9.63. The van der Waals surface area contributed by atoms with Crippen LogP contribution in [-0.2, 0) is 0 Å². The number of hydrogen-bond acceptors (Lipinski definition) is 3. The topological polar surface area (TPSA) is 59.2 Å². The lowest BCUT2D eigenvalue weighted by Crippen LogP contribution is -2.43. The second-order valence-corrected chi connectivity index (χ2v) is 5.67. The number of pyridine rings is 1. The molecule has 0 spiro atoms.